The number of amides is 9. The zero-order valence-corrected chi connectivity index (χ0v) is 37.4. The summed E-state index contributed by atoms with van der Waals surface area (Å²) >= 11 is 4.13. The van der Waals surface area contributed by atoms with E-state index in [1.54, 1.807) is 13.8 Å². The van der Waals surface area contributed by atoms with Crippen molar-refractivity contribution in [2.75, 3.05) is 12.4 Å². The molecule has 1 rings (SSSR count). The van der Waals surface area contributed by atoms with Crippen LogP contribution < -0.4 is 54.4 Å². The van der Waals surface area contributed by atoms with Gasteiger partial charge in [-0.3, -0.25) is 47.9 Å². The highest BCUT2D eigenvalue weighted by molar-refractivity contribution is 7.80. The van der Waals surface area contributed by atoms with Crippen molar-refractivity contribution in [2.24, 2.45) is 29.0 Å². The van der Waals surface area contributed by atoms with E-state index < -0.39 is 120 Å². The summed E-state index contributed by atoms with van der Waals surface area (Å²) < 4.78 is 0. The van der Waals surface area contributed by atoms with E-state index in [1.165, 1.54) is 31.2 Å². The van der Waals surface area contributed by atoms with E-state index in [1.807, 2.05) is 13.8 Å². The SMILES string of the molecule is CC(C)C[C@H](NC(=O)[C@H](CCC(N)=O)NC(=O)[C@H](CS)NC(=O)[C@H](CO)NC(=O)[C@@H](N)CC(C)C)C(=O)N[C@@H](Cc1ccc(O)cc1)C(=O)N[C@@H](CCC(N)=O)C(=O)N[C@@H](C)C(=O)O. The minimum Gasteiger partial charge on any atom is -0.508 e. The van der Waals surface area contributed by atoms with Gasteiger partial charge in [-0.05, 0) is 62.1 Å². The number of rotatable bonds is 29. The summed E-state index contributed by atoms with van der Waals surface area (Å²) in [6.45, 7) is 7.43. The Morgan fingerprint density at radius 3 is 1.41 bits per heavy atom. The fourth-order valence-electron chi connectivity index (χ4n) is 5.91. The van der Waals surface area contributed by atoms with Crippen LogP contribution in [0, 0.1) is 11.8 Å². The Labute approximate surface area is 376 Å². The molecule has 16 N–H and O–H groups in total. The number of hydrogen-bond acceptors (Lipinski definition) is 14. The predicted octanol–water partition coefficient (Wildman–Crippen LogP) is -3.69. The minimum atomic E-state index is -1.54. The molecule has 23 nitrogen and oxygen atoms in total. The third kappa shape index (κ3) is 20.9. The van der Waals surface area contributed by atoms with E-state index in [0.717, 1.165) is 0 Å². The summed E-state index contributed by atoms with van der Waals surface area (Å²) in [7, 11) is 0. The van der Waals surface area contributed by atoms with Crippen LogP contribution in [0.3, 0.4) is 0 Å². The number of carbonyl (C=O) groups is 10. The Balaban J connectivity index is 3.43. The maximum absolute atomic E-state index is 14.0. The van der Waals surface area contributed by atoms with Crippen molar-refractivity contribution in [1.29, 1.82) is 0 Å². The number of aliphatic hydroxyl groups excluding tert-OH is 1. The molecular weight excluding hydrogens is 861 g/mol. The van der Waals surface area contributed by atoms with E-state index in [0.29, 0.717) is 5.56 Å². The number of carboxylic acids is 1. The van der Waals surface area contributed by atoms with Crippen LogP contribution in [-0.4, -0.2) is 135 Å². The van der Waals surface area contributed by atoms with Gasteiger partial charge in [-0.15, -0.1) is 0 Å². The topological polar surface area (TPSA) is 394 Å². The number of aromatic hydroxyl groups is 1. The lowest BCUT2D eigenvalue weighted by Gasteiger charge is -2.28. The van der Waals surface area contributed by atoms with Crippen molar-refractivity contribution in [2.45, 2.75) is 128 Å². The molecule has 0 aromatic heterocycles. The number of hydrogen-bond donors (Lipinski definition) is 14. The van der Waals surface area contributed by atoms with Crippen molar-refractivity contribution >= 4 is 71.8 Å². The van der Waals surface area contributed by atoms with Crippen LogP contribution in [0.4, 0.5) is 0 Å². The number of primary amides is 2. The van der Waals surface area contributed by atoms with Crippen LogP contribution in [0.15, 0.2) is 24.3 Å². The number of thiol groups is 1. The molecule has 0 unspecified atom stereocenters. The van der Waals surface area contributed by atoms with Gasteiger partial charge in [-0.25, -0.2) is 0 Å². The van der Waals surface area contributed by atoms with Gasteiger partial charge in [0, 0.05) is 25.0 Å². The zero-order valence-electron chi connectivity index (χ0n) is 36.6. The Bertz CT molecular complexity index is 1800. The molecule has 24 heteroatoms. The van der Waals surface area contributed by atoms with Crippen LogP contribution >= 0.6 is 12.6 Å². The Morgan fingerprint density at radius 1 is 0.562 bits per heavy atom. The molecule has 0 bridgehead atoms. The summed E-state index contributed by atoms with van der Waals surface area (Å²) in [5.41, 5.74) is 16.9. The average Bonchev–Trinajstić information content (AvgIpc) is 3.20. The third-order valence-electron chi connectivity index (χ3n) is 9.40. The second-order valence-corrected chi connectivity index (χ2v) is 16.4. The molecule has 0 spiro atoms. The predicted molar refractivity (Wildman–Crippen MR) is 233 cm³/mol. The first-order valence-corrected chi connectivity index (χ1v) is 21.2. The molecule has 0 aliphatic rings. The molecule has 0 radical (unpaired) electrons. The van der Waals surface area contributed by atoms with E-state index in [2.05, 4.69) is 49.8 Å². The normalized spacial score (nSPS) is 14.8. The summed E-state index contributed by atoms with van der Waals surface area (Å²) in [5.74, 6) is -10.2. The Kier molecular flexibility index (Phi) is 24.4. The maximum atomic E-state index is 14.0. The number of nitrogens with two attached hydrogens (primary N) is 3. The van der Waals surface area contributed by atoms with Gasteiger partial charge in [-0.1, -0.05) is 39.8 Å². The maximum Gasteiger partial charge on any atom is 0.325 e. The fourth-order valence-corrected chi connectivity index (χ4v) is 6.17. The van der Waals surface area contributed by atoms with Crippen molar-refractivity contribution in [3.63, 3.8) is 0 Å². The Hall–Kier alpha value is -6.01. The standard InChI is InChI=1S/C40H64N10O13S/c1-19(2)14-24(41)33(55)49-29(17-51)38(60)50-30(18-64)39(61)46-26(11-13-32(43)54)35(57)47-27(15-20(3)4)36(58)48-28(16-22-6-8-23(52)9-7-22)37(59)45-25(10-12-31(42)53)34(56)44-21(5)40(62)63/h6-9,19-21,24-30,51-52,64H,10-18,41H2,1-5H3,(H2,42,53)(H2,43,54)(H,44,56)(H,45,59)(H,46,61)(H,47,57)(H,48,58)(H,49,55)(H,50,60)(H,62,63)/t21-,24-,25-,26-,27-,28-,29-,30-/m0/s1. The lowest BCUT2D eigenvalue weighted by Crippen LogP contribution is -2.61. The van der Waals surface area contributed by atoms with Gasteiger partial charge in [0.25, 0.3) is 0 Å². The highest BCUT2D eigenvalue weighted by Crippen LogP contribution is 2.14. The minimum absolute atomic E-state index is 0.0389. The third-order valence-corrected chi connectivity index (χ3v) is 9.76. The molecule has 0 aliphatic heterocycles. The largest absolute Gasteiger partial charge is 0.508 e. The van der Waals surface area contributed by atoms with E-state index in [-0.39, 0.29) is 61.9 Å². The molecule has 358 valence electrons. The highest BCUT2D eigenvalue weighted by atomic mass is 32.1. The summed E-state index contributed by atoms with van der Waals surface area (Å²) in [6, 6.07) is -5.71. The van der Waals surface area contributed by atoms with Crippen LogP contribution in [0.1, 0.15) is 78.7 Å². The molecule has 0 heterocycles. The van der Waals surface area contributed by atoms with Gasteiger partial charge in [0.2, 0.25) is 53.2 Å². The second-order valence-electron chi connectivity index (χ2n) is 16.0. The number of phenols is 1. The summed E-state index contributed by atoms with van der Waals surface area (Å²) in [4.78, 5) is 129. The smallest absolute Gasteiger partial charge is 0.325 e. The molecule has 0 saturated carbocycles. The first kappa shape index (κ1) is 56.0. The van der Waals surface area contributed by atoms with Crippen molar-refractivity contribution in [3.05, 3.63) is 29.8 Å². The van der Waals surface area contributed by atoms with Gasteiger partial charge in [0.05, 0.1) is 12.6 Å². The monoisotopic (exact) mass is 924 g/mol. The highest BCUT2D eigenvalue weighted by Gasteiger charge is 2.34. The van der Waals surface area contributed by atoms with Crippen molar-refractivity contribution in [1.82, 2.24) is 37.2 Å². The number of aliphatic hydroxyl groups is 1. The van der Waals surface area contributed by atoms with Gasteiger partial charge in [0.15, 0.2) is 0 Å². The molecule has 0 saturated heterocycles. The van der Waals surface area contributed by atoms with Crippen molar-refractivity contribution < 1.29 is 63.3 Å². The molecule has 1 aromatic rings. The lowest BCUT2D eigenvalue weighted by molar-refractivity contribution is -0.142. The number of phenolic OH excluding ortho intramolecular Hbond substituents is 1. The van der Waals surface area contributed by atoms with Gasteiger partial charge < -0.3 is 69.7 Å². The number of nitrogens with one attached hydrogen (secondary N) is 7. The number of aliphatic carboxylic acids is 1. The first-order chi connectivity index (χ1) is 29.9. The molecule has 64 heavy (non-hydrogen) atoms. The van der Waals surface area contributed by atoms with E-state index in [4.69, 9.17) is 17.2 Å². The number of carboxylic acid groups (broad SMARTS) is 1. The molecule has 8 atom stereocenters. The first-order valence-electron chi connectivity index (χ1n) is 20.6. The molecule has 0 fully saturated rings. The lowest BCUT2D eigenvalue weighted by atomic mass is 9.99. The quantitative estimate of drug-likeness (QED) is 0.0344. The van der Waals surface area contributed by atoms with Crippen LogP contribution in [-0.2, 0) is 54.4 Å². The molecule has 1 aromatic carbocycles. The average molecular weight is 925 g/mol. The van der Waals surface area contributed by atoms with Crippen molar-refractivity contribution in [3.8, 4) is 5.75 Å². The molecule has 0 aliphatic carbocycles. The summed E-state index contributed by atoms with van der Waals surface area (Å²) in [6.07, 6.45) is -1.52. The van der Waals surface area contributed by atoms with E-state index in [9.17, 15) is 63.3 Å². The Morgan fingerprint density at radius 2 is 0.953 bits per heavy atom. The number of carbonyl (C=O) groups excluding carboxylic acids is 9. The van der Waals surface area contributed by atoms with Crippen LogP contribution in [0.5, 0.6) is 5.75 Å². The molecular formula is C40H64N10O13S. The number of benzene rings is 1. The second kappa shape index (κ2) is 27.9. The van der Waals surface area contributed by atoms with Gasteiger partial charge in [0.1, 0.15) is 48.0 Å². The van der Waals surface area contributed by atoms with Gasteiger partial charge in [-0.2, -0.15) is 12.6 Å². The zero-order chi connectivity index (χ0) is 48.8. The van der Waals surface area contributed by atoms with Crippen LogP contribution in [0.2, 0.25) is 0 Å². The molecule has 9 amide bonds. The van der Waals surface area contributed by atoms with Crippen LogP contribution in [0.25, 0.3) is 0 Å². The van der Waals surface area contributed by atoms with E-state index >= 15 is 0 Å². The summed E-state index contributed by atoms with van der Waals surface area (Å²) in [5, 5.41) is 45.8. The van der Waals surface area contributed by atoms with Gasteiger partial charge >= 0.3 is 5.97 Å². The fraction of sp³-hybridized carbons (Fsp3) is 0.600.